The first-order chi connectivity index (χ1) is 15.5. The third-order valence-electron chi connectivity index (χ3n) is 6.10. The van der Waals surface area contributed by atoms with E-state index in [0.717, 1.165) is 16.8 Å². The van der Waals surface area contributed by atoms with E-state index < -0.39 is 5.97 Å². The third kappa shape index (κ3) is 3.35. The predicted molar refractivity (Wildman–Crippen MR) is 118 cm³/mol. The molecule has 0 saturated heterocycles. The van der Waals surface area contributed by atoms with E-state index in [0.29, 0.717) is 52.9 Å². The Labute approximate surface area is 185 Å². The van der Waals surface area contributed by atoms with Crippen molar-refractivity contribution < 1.29 is 28.8 Å². The van der Waals surface area contributed by atoms with Crippen LogP contribution in [0.1, 0.15) is 41.5 Å². The Balaban J connectivity index is 1.83. The number of aromatic nitrogens is 2. The van der Waals surface area contributed by atoms with E-state index in [1.807, 2.05) is 29.7 Å². The molecule has 1 aliphatic carbocycles. The lowest BCUT2D eigenvalue weighted by Crippen LogP contribution is -2.06. The minimum Gasteiger partial charge on any atom is -0.493 e. The molecule has 5 rings (SSSR count). The predicted octanol–water partition coefficient (Wildman–Crippen LogP) is 4.39. The van der Waals surface area contributed by atoms with Crippen molar-refractivity contribution in [1.29, 1.82) is 0 Å². The molecule has 0 unspecified atom stereocenters. The number of fused-ring (bicyclic) bond motifs is 2. The number of aryl methyl sites for hydroxylation is 1. The summed E-state index contributed by atoms with van der Waals surface area (Å²) < 4.78 is 25.0. The van der Waals surface area contributed by atoms with E-state index in [2.05, 4.69) is 0 Å². The van der Waals surface area contributed by atoms with Crippen LogP contribution >= 0.6 is 0 Å². The summed E-state index contributed by atoms with van der Waals surface area (Å²) in [5.41, 5.74) is 4.22. The SMILES string of the molecule is CCc1cc(-c2c(OCC3CC3)ccc3c2OCO3)c2c(n1)c(C(=O)O)c(C)n2COC. The molecule has 0 spiro atoms. The van der Waals surface area contributed by atoms with Gasteiger partial charge in [-0.3, -0.25) is 4.98 Å². The highest BCUT2D eigenvalue weighted by atomic mass is 16.7. The van der Waals surface area contributed by atoms with E-state index in [-0.39, 0.29) is 19.1 Å². The highest BCUT2D eigenvalue weighted by Crippen LogP contribution is 2.50. The Morgan fingerprint density at radius 2 is 2.12 bits per heavy atom. The number of ether oxygens (including phenoxy) is 4. The smallest absolute Gasteiger partial charge is 0.339 e. The summed E-state index contributed by atoms with van der Waals surface area (Å²) in [5, 5.41) is 9.97. The summed E-state index contributed by atoms with van der Waals surface area (Å²) in [6.45, 7) is 4.73. The molecule has 3 heterocycles. The molecule has 2 aromatic heterocycles. The number of pyridine rings is 1. The summed E-state index contributed by atoms with van der Waals surface area (Å²) in [7, 11) is 1.58. The van der Waals surface area contributed by atoms with Crippen molar-refractivity contribution >= 4 is 17.0 Å². The zero-order chi connectivity index (χ0) is 22.4. The van der Waals surface area contributed by atoms with E-state index in [1.54, 1.807) is 14.0 Å². The maximum Gasteiger partial charge on any atom is 0.339 e. The van der Waals surface area contributed by atoms with Crippen molar-refractivity contribution in [3.05, 3.63) is 35.2 Å². The minimum absolute atomic E-state index is 0.127. The highest BCUT2D eigenvalue weighted by Gasteiger charge is 2.30. The third-order valence-corrected chi connectivity index (χ3v) is 6.10. The fraction of sp³-hybridized carbons (Fsp3) is 0.417. The normalized spacial score (nSPS) is 14.8. The molecular weight excluding hydrogens is 412 g/mol. The largest absolute Gasteiger partial charge is 0.493 e. The quantitative estimate of drug-likeness (QED) is 0.557. The molecule has 2 aliphatic rings. The number of carboxylic acid groups (broad SMARTS) is 1. The van der Waals surface area contributed by atoms with Crippen molar-refractivity contribution in [2.45, 2.75) is 39.8 Å². The fourth-order valence-electron chi connectivity index (χ4n) is 4.25. The Hall–Kier alpha value is -3.26. The van der Waals surface area contributed by atoms with Crippen LogP contribution in [0.2, 0.25) is 0 Å². The Morgan fingerprint density at radius 1 is 1.31 bits per heavy atom. The summed E-state index contributed by atoms with van der Waals surface area (Å²) in [6.07, 6.45) is 3.01. The van der Waals surface area contributed by atoms with Crippen molar-refractivity contribution in [1.82, 2.24) is 9.55 Å². The van der Waals surface area contributed by atoms with Crippen molar-refractivity contribution in [3.8, 4) is 28.4 Å². The second-order valence-electron chi connectivity index (χ2n) is 8.25. The number of nitrogens with zero attached hydrogens (tertiary/aromatic N) is 2. The molecule has 8 heteroatoms. The summed E-state index contributed by atoms with van der Waals surface area (Å²) in [5.74, 6) is 1.50. The molecule has 1 saturated carbocycles. The van der Waals surface area contributed by atoms with Gasteiger partial charge >= 0.3 is 5.97 Å². The average molecular weight is 438 g/mol. The molecule has 8 nitrogen and oxygen atoms in total. The highest BCUT2D eigenvalue weighted by molar-refractivity contribution is 6.08. The van der Waals surface area contributed by atoms with Crippen LogP contribution in [0.5, 0.6) is 17.2 Å². The number of hydrogen-bond donors (Lipinski definition) is 1. The number of aromatic carboxylic acids is 1. The molecule has 168 valence electrons. The molecule has 1 aromatic carbocycles. The van der Waals surface area contributed by atoms with Gasteiger partial charge in [0.1, 0.15) is 23.6 Å². The maximum absolute atomic E-state index is 12.2. The minimum atomic E-state index is -1.02. The lowest BCUT2D eigenvalue weighted by Gasteiger charge is -2.17. The lowest BCUT2D eigenvalue weighted by molar-refractivity contribution is 0.0696. The number of carboxylic acids is 1. The van der Waals surface area contributed by atoms with Crippen LogP contribution in [0.3, 0.4) is 0 Å². The number of hydrogen-bond acceptors (Lipinski definition) is 6. The van der Waals surface area contributed by atoms with Gasteiger partial charge < -0.3 is 28.6 Å². The topological polar surface area (TPSA) is 92.0 Å². The maximum atomic E-state index is 12.2. The van der Waals surface area contributed by atoms with Crippen LogP contribution in [-0.2, 0) is 17.9 Å². The number of carbonyl (C=O) groups is 1. The van der Waals surface area contributed by atoms with Crippen LogP contribution in [0, 0.1) is 12.8 Å². The standard InChI is InChI=1S/C24H26N2O6/c1-4-15-9-16(22-21(25-15)19(24(27)28)13(2)26(22)11-29-3)20-17(30-10-14-5-6-14)7-8-18-23(20)32-12-31-18/h7-9,14H,4-6,10-12H2,1-3H3,(H,27,28). The van der Waals surface area contributed by atoms with Crippen LogP contribution in [-0.4, -0.2) is 41.1 Å². The molecule has 0 atom stereocenters. The zero-order valence-corrected chi connectivity index (χ0v) is 18.4. The summed E-state index contributed by atoms with van der Waals surface area (Å²) in [4.78, 5) is 16.9. The van der Waals surface area contributed by atoms with Gasteiger partial charge in [-0.05, 0) is 50.3 Å². The Bertz CT molecular complexity index is 1210. The van der Waals surface area contributed by atoms with Gasteiger partial charge in [0.25, 0.3) is 0 Å². The average Bonchev–Trinajstić information content (AvgIpc) is 3.41. The van der Waals surface area contributed by atoms with Crippen LogP contribution in [0.15, 0.2) is 18.2 Å². The van der Waals surface area contributed by atoms with Gasteiger partial charge in [0.05, 0.1) is 17.7 Å². The zero-order valence-electron chi connectivity index (χ0n) is 18.4. The van der Waals surface area contributed by atoms with Gasteiger partial charge in [-0.15, -0.1) is 0 Å². The molecule has 0 bridgehead atoms. The summed E-state index contributed by atoms with van der Waals surface area (Å²) >= 11 is 0. The molecule has 0 amide bonds. The van der Waals surface area contributed by atoms with Gasteiger partial charge in [-0.1, -0.05) is 6.92 Å². The number of benzene rings is 1. The lowest BCUT2D eigenvalue weighted by atomic mass is 10.00. The molecule has 1 N–H and O–H groups in total. The van der Waals surface area contributed by atoms with E-state index in [9.17, 15) is 9.90 Å². The van der Waals surface area contributed by atoms with Crippen molar-refractivity contribution in [2.24, 2.45) is 5.92 Å². The van der Waals surface area contributed by atoms with Crippen LogP contribution in [0.25, 0.3) is 22.2 Å². The molecule has 3 aromatic rings. The van der Waals surface area contributed by atoms with Gasteiger partial charge in [0.15, 0.2) is 11.5 Å². The number of rotatable bonds is 8. The van der Waals surface area contributed by atoms with E-state index in [1.165, 1.54) is 12.8 Å². The van der Waals surface area contributed by atoms with Gasteiger partial charge in [0, 0.05) is 24.1 Å². The van der Waals surface area contributed by atoms with Crippen molar-refractivity contribution in [2.75, 3.05) is 20.5 Å². The molecular formula is C24H26N2O6. The molecule has 1 aliphatic heterocycles. The second kappa shape index (κ2) is 8.02. The van der Waals surface area contributed by atoms with Gasteiger partial charge in [-0.25, -0.2) is 4.79 Å². The van der Waals surface area contributed by atoms with Crippen molar-refractivity contribution in [3.63, 3.8) is 0 Å². The van der Waals surface area contributed by atoms with Gasteiger partial charge in [0.2, 0.25) is 6.79 Å². The number of methoxy groups -OCH3 is 1. The fourth-order valence-corrected chi connectivity index (χ4v) is 4.25. The second-order valence-corrected chi connectivity index (χ2v) is 8.25. The van der Waals surface area contributed by atoms with Crippen LogP contribution < -0.4 is 14.2 Å². The van der Waals surface area contributed by atoms with Gasteiger partial charge in [-0.2, -0.15) is 0 Å². The molecule has 32 heavy (non-hydrogen) atoms. The first-order valence-electron chi connectivity index (χ1n) is 10.8. The summed E-state index contributed by atoms with van der Waals surface area (Å²) in [6, 6.07) is 5.74. The Morgan fingerprint density at radius 3 is 2.81 bits per heavy atom. The van der Waals surface area contributed by atoms with E-state index >= 15 is 0 Å². The molecule has 1 fully saturated rings. The Kier molecular flexibility index (Phi) is 5.17. The monoisotopic (exact) mass is 438 g/mol. The molecule has 0 radical (unpaired) electrons. The van der Waals surface area contributed by atoms with E-state index in [4.69, 9.17) is 23.9 Å². The van der Waals surface area contributed by atoms with Crippen LogP contribution in [0.4, 0.5) is 0 Å². The first kappa shape index (κ1) is 20.6. The first-order valence-corrected chi connectivity index (χ1v) is 10.8.